The quantitative estimate of drug-likeness (QED) is 0.170. The molecule has 1 spiro atoms. The lowest BCUT2D eigenvalue weighted by Crippen LogP contribution is -2.27. The first-order chi connectivity index (χ1) is 28.3. The number of fused-ring (bicyclic) bond motifs is 12. The van der Waals surface area contributed by atoms with Crippen molar-refractivity contribution in [1.29, 1.82) is 0 Å². The molecule has 0 saturated heterocycles. The largest absolute Gasteiger partial charge is 0.208 e. The summed E-state index contributed by atoms with van der Waals surface area (Å²) in [6, 6.07) is 63.4. The Morgan fingerprint density at radius 1 is 0.368 bits per heavy atom. The first-order valence-electron chi connectivity index (χ1n) is 19.9. The third-order valence-electron chi connectivity index (χ3n) is 12.4. The highest BCUT2D eigenvalue weighted by Crippen LogP contribution is 2.65. The number of benzene rings is 8. The van der Waals surface area contributed by atoms with Gasteiger partial charge in [0, 0.05) is 22.3 Å². The highest BCUT2D eigenvalue weighted by atomic mass is 15.0. The minimum Gasteiger partial charge on any atom is -0.208 e. The van der Waals surface area contributed by atoms with Crippen molar-refractivity contribution in [2.45, 2.75) is 18.3 Å². The van der Waals surface area contributed by atoms with Gasteiger partial charge in [0.05, 0.1) is 5.41 Å². The van der Waals surface area contributed by atoms with Gasteiger partial charge in [-0.2, -0.15) is 0 Å². The van der Waals surface area contributed by atoms with Crippen LogP contribution in [0, 0.1) is 0 Å². The van der Waals surface area contributed by atoms with Crippen LogP contribution in [0.25, 0.3) is 83.5 Å². The molecule has 8 aromatic carbocycles. The van der Waals surface area contributed by atoms with E-state index in [9.17, 15) is 0 Å². The van der Waals surface area contributed by atoms with Crippen molar-refractivity contribution < 1.29 is 0 Å². The van der Waals surface area contributed by atoms with Gasteiger partial charge >= 0.3 is 0 Å². The predicted molar refractivity (Wildman–Crippen MR) is 234 cm³/mol. The van der Waals surface area contributed by atoms with Gasteiger partial charge in [-0.05, 0) is 84.5 Å². The molecule has 12 rings (SSSR count). The lowest BCUT2D eigenvalue weighted by molar-refractivity contribution is 0.780. The standard InChI is InChI=1S/C54H35N3/c1-3-18-34(19-4-1)51-55-52(35-20-5-2-6-21-35)57-53(56-51)50-41-27-10-8-23-37(41)36-22-7-9-26-40(36)49(50)43-29-17-33-47-48(43)42-28-13-16-32-46(42)54(47)44-30-14-11-24-38(44)39-25-12-15-31-45(39)54/h1-11,13-24,26-33H,12,25H2. The minimum absolute atomic E-state index is 0.411. The zero-order valence-corrected chi connectivity index (χ0v) is 31.2. The topological polar surface area (TPSA) is 38.7 Å². The summed E-state index contributed by atoms with van der Waals surface area (Å²) in [5.41, 5.74) is 15.7. The Morgan fingerprint density at radius 3 is 1.53 bits per heavy atom. The summed E-state index contributed by atoms with van der Waals surface area (Å²) in [6.45, 7) is 0. The molecule has 0 amide bonds. The first-order valence-corrected chi connectivity index (χ1v) is 19.9. The van der Waals surface area contributed by atoms with Gasteiger partial charge in [0.2, 0.25) is 0 Å². The van der Waals surface area contributed by atoms with Crippen molar-refractivity contribution in [3.05, 3.63) is 216 Å². The lowest BCUT2D eigenvalue weighted by Gasteiger charge is -2.32. The highest BCUT2D eigenvalue weighted by Gasteiger charge is 2.53. The average Bonchev–Trinajstić information content (AvgIpc) is 3.77. The van der Waals surface area contributed by atoms with Crippen molar-refractivity contribution in [2.75, 3.05) is 0 Å². The van der Waals surface area contributed by atoms with Crippen molar-refractivity contribution in [1.82, 2.24) is 15.0 Å². The zero-order valence-electron chi connectivity index (χ0n) is 31.2. The summed E-state index contributed by atoms with van der Waals surface area (Å²) < 4.78 is 0. The molecule has 3 aliphatic carbocycles. The monoisotopic (exact) mass is 725 g/mol. The van der Waals surface area contributed by atoms with Gasteiger partial charge in [0.25, 0.3) is 0 Å². The normalized spacial score (nSPS) is 16.2. The van der Waals surface area contributed by atoms with Crippen LogP contribution in [0.1, 0.15) is 35.1 Å². The Labute approximate surface area is 331 Å². The van der Waals surface area contributed by atoms with Crippen LogP contribution in [0.2, 0.25) is 0 Å². The number of rotatable bonds is 4. The third-order valence-corrected chi connectivity index (χ3v) is 12.4. The molecule has 0 bridgehead atoms. The van der Waals surface area contributed by atoms with Gasteiger partial charge in [-0.15, -0.1) is 0 Å². The molecule has 1 heterocycles. The third kappa shape index (κ3) is 4.51. The van der Waals surface area contributed by atoms with E-state index < -0.39 is 5.41 Å². The van der Waals surface area contributed by atoms with Crippen LogP contribution in [0.5, 0.6) is 0 Å². The molecule has 1 atom stereocenters. The second kappa shape index (κ2) is 12.4. The van der Waals surface area contributed by atoms with E-state index in [0.29, 0.717) is 17.5 Å². The van der Waals surface area contributed by atoms with Crippen LogP contribution in [-0.2, 0) is 5.41 Å². The summed E-state index contributed by atoms with van der Waals surface area (Å²) in [6.07, 6.45) is 6.91. The SMILES string of the molecule is C1=CC2=C(CC1)c1ccccc1C21c2ccccc2-c2c(-c3c(-c4nc(-c5ccccc5)nc(-c5ccccc5)n4)c4ccccc4c4ccccc34)cccc21. The first kappa shape index (κ1) is 32.1. The van der Waals surface area contributed by atoms with Crippen LogP contribution < -0.4 is 0 Å². The Morgan fingerprint density at radius 2 is 0.860 bits per heavy atom. The number of allylic oxidation sites excluding steroid dienone is 4. The fraction of sp³-hybridized carbons (Fsp3) is 0.0556. The second-order valence-corrected chi connectivity index (χ2v) is 15.3. The number of hydrogen-bond donors (Lipinski definition) is 0. The summed E-state index contributed by atoms with van der Waals surface area (Å²) >= 11 is 0. The van der Waals surface area contributed by atoms with Crippen molar-refractivity contribution in [2.24, 2.45) is 0 Å². The van der Waals surface area contributed by atoms with Gasteiger partial charge in [-0.3, -0.25) is 0 Å². The van der Waals surface area contributed by atoms with Crippen LogP contribution >= 0.6 is 0 Å². The molecule has 3 nitrogen and oxygen atoms in total. The minimum atomic E-state index is -0.411. The second-order valence-electron chi connectivity index (χ2n) is 15.3. The van der Waals surface area contributed by atoms with Crippen molar-refractivity contribution in [3.63, 3.8) is 0 Å². The molecule has 9 aromatic rings. The average molecular weight is 726 g/mol. The van der Waals surface area contributed by atoms with Gasteiger partial charge in [-0.1, -0.05) is 188 Å². The van der Waals surface area contributed by atoms with E-state index in [2.05, 4.69) is 152 Å². The molecule has 266 valence electrons. The molecule has 3 aliphatic rings. The predicted octanol–water partition coefficient (Wildman–Crippen LogP) is 13.3. The zero-order chi connectivity index (χ0) is 37.5. The maximum absolute atomic E-state index is 5.40. The molecular formula is C54H35N3. The van der Waals surface area contributed by atoms with Crippen LogP contribution in [0.15, 0.2) is 194 Å². The van der Waals surface area contributed by atoms with E-state index in [1.807, 2.05) is 36.4 Å². The lowest BCUT2D eigenvalue weighted by atomic mass is 9.69. The summed E-state index contributed by atoms with van der Waals surface area (Å²) in [5, 5.41) is 4.66. The van der Waals surface area contributed by atoms with Gasteiger partial charge in [-0.25, -0.2) is 15.0 Å². The van der Waals surface area contributed by atoms with E-state index in [0.717, 1.165) is 40.5 Å². The molecule has 0 N–H and O–H groups in total. The Hall–Kier alpha value is -7.23. The Bertz CT molecular complexity index is 3120. The molecular weight excluding hydrogens is 691 g/mol. The fourth-order valence-corrected chi connectivity index (χ4v) is 10.2. The fourth-order valence-electron chi connectivity index (χ4n) is 10.2. The summed E-state index contributed by atoms with van der Waals surface area (Å²) in [7, 11) is 0. The number of nitrogens with zero attached hydrogens (tertiary/aromatic N) is 3. The molecule has 57 heavy (non-hydrogen) atoms. The number of aromatic nitrogens is 3. The maximum atomic E-state index is 5.40. The molecule has 1 unspecified atom stereocenters. The summed E-state index contributed by atoms with van der Waals surface area (Å²) in [5.74, 6) is 1.96. The highest BCUT2D eigenvalue weighted by molar-refractivity contribution is 6.22. The van der Waals surface area contributed by atoms with E-state index in [1.165, 1.54) is 66.2 Å². The van der Waals surface area contributed by atoms with Crippen molar-refractivity contribution >= 4 is 27.1 Å². The van der Waals surface area contributed by atoms with Crippen LogP contribution in [0.4, 0.5) is 0 Å². The molecule has 0 saturated carbocycles. The smallest absolute Gasteiger partial charge is 0.165 e. The van der Waals surface area contributed by atoms with Gasteiger partial charge < -0.3 is 0 Å². The number of hydrogen-bond acceptors (Lipinski definition) is 3. The van der Waals surface area contributed by atoms with Crippen molar-refractivity contribution in [3.8, 4) is 56.4 Å². The maximum Gasteiger partial charge on any atom is 0.165 e. The van der Waals surface area contributed by atoms with Gasteiger partial charge in [0.1, 0.15) is 0 Å². The molecule has 1 aromatic heterocycles. The Kier molecular flexibility index (Phi) is 6.97. The Balaban J connectivity index is 1.24. The van der Waals surface area contributed by atoms with E-state index in [1.54, 1.807) is 0 Å². The van der Waals surface area contributed by atoms with E-state index >= 15 is 0 Å². The summed E-state index contributed by atoms with van der Waals surface area (Å²) in [4.78, 5) is 15.9. The molecule has 3 heteroatoms. The van der Waals surface area contributed by atoms with Crippen LogP contribution in [-0.4, -0.2) is 15.0 Å². The van der Waals surface area contributed by atoms with E-state index in [-0.39, 0.29) is 0 Å². The molecule has 0 aliphatic heterocycles. The van der Waals surface area contributed by atoms with E-state index in [4.69, 9.17) is 15.0 Å². The van der Waals surface area contributed by atoms with Gasteiger partial charge in [0.15, 0.2) is 17.5 Å². The molecule has 0 radical (unpaired) electrons. The van der Waals surface area contributed by atoms with Crippen LogP contribution in [0.3, 0.4) is 0 Å². The molecule has 0 fully saturated rings.